The van der Waals surface area contributed by atoms with Gasteiger partial charge in [-0.1, -0.05) is 24.3 Å². The Morgan fingerprint density at radius 3 is 1.38 bits per heavy atom. The number of imide groups is 1. The van der Waals surface area contributed by atoms with Crippen LogP contribution in [0.4, 0.5) is 11.4 Å². The van der Waals surface area contributed by atoms with Crippen molar-refractivity contribution in [3.63, 3.8) is 0 Å². The first kappa shape index (κ1) is 30.7. The Balaban J connectivity index is 0.000000239. The summed E-state index contributed by atoms with van der Waals surface area (Å²) in [4.78, 5) is 26.0. The maximum Gasteiger partial charge on any atom is 2.00 e. The van der Waals surface area contributed by atoms with Crippen molar-refractivity contribution in [3.05, 3.63) is 131 Å². The second-order valence-electron chi connectivity index (χ2n) is 9.03. The summed E-state index contributed by atoms with van der Waals surface area (Å²) < 4.78 is 0. The second kappa shape index (κ2) is 15.1. The molecule has 4 aromatic carbocycles. The number of nitrogens with two attached hydrogens (primary N) is 1. The van der Waals surface area contributed by atoms with E-state index in [0.29, 0.717) is 5.69 Å². The molecule has 39 heavy (non-hydrogen) atoms. The molecule has 2 N–H and O–H groups in total. The maximum absolute atomic E-state index is 12.4. The molecule has 1 fully saturated rings. The van der Waals surface area contributed by atoms with E-state index in [-0.39, 0.29) is 42.9 Å². The van der Waals surface area contributed by atoms with Crippen LogP contribution in [-0.2, 0) is 22.4 Å². The van der Waals surface area contributed by atoms with Gasteiger partial charge in [-0.3, -0.25) is 14.5 Å². The van der Waals surface area contributed by atoms with Crippen molar-refractivity contribution in [3.8, 4) is 0 Å². The number of anilines is 2. The fourth-order valence-corrected chi connectivity index (χ4v) is 4.32. The maximum atomic E-state index is 12.4. The molecule has 2 amide bonds. The molecule has 1 saturated heterocycles. The average molecular weight is 726 g/mol. The third kappa shape index (κ3) is 8.07. The minimum Gasteiger partial charge on any atom is -0.399 e. The summed E-state index contributed by atoms with van der Waals surface area (Å²) in [6.07, 6.45) is 1.73. The molecule has 0 spiro atoms. The number of hydrogen-bond acceptors (Lipinski definition) is 3. The molecule has 182 valence electrons. The molecule has 4 nitrogen and oxygen atoms in total. The Morgan fingerprint density at radius 1 is 0.641 bits per heavy atom. The zero-order valence-electron chi connectivity index (χ0n) is 21.5. The van der Waals surface area contributed by atoms with Crippen LogP contribution in [0.25, 0.3) is 0 Å². The van der Waals surface area contributed by atoms with Gasteiger partial charge in [-0.05, 0) is 48.2 Å². The molecule has 2 unspecified atom stereocenters. The summed E-state index contributed by atoms with van der Waals surface area (Å²) >= 11 is 0. The van der Waals surface area contributed by atoms with Crippen molar-refractivity contribution in [1.82, 2.24) is 0 Å². The van der Waals surface area contributed by atoms with E-state index in [0.717, 1.165) is 29.0 Å². The monoisotopic (exact) mass is 726 g/mol. The predicted octanol–water partition coefficient (Wildman–Crippen LogP) is 3.76. The van der Waals surface area contributed by atoms with Crippen molar-refractivity contribution in [1.29, 1.82) is 0 Å². The van der Waals surface area contributed by atoms with Gasteiger partial charge in [0.2, 0.25) is 11.8 Å². The number of benzene rings is 4. The van der Waals surface area contributed by atoms with Gasteiger partial charge in [0, 0.05) is 32.8 Å². The summed E-state index contributed by atoms with van der Waals surface area (Å²) in [5.41, 5.74) is 11.8. The zero-order chi connectivity index (χ0) is 26.9. The summed E-state index contributed by atoms with van der Waals surface area (Å²) in [5.74, 6) is -2.11. The molecule has 0 bridgehead atoms. The van der Waals surface area contributed by atoms with E-state index in [9.17, 15) is 9.59 Å². The number of carbonyl (C=O) groups excluding carboxylic acids is 2. The van der Waals surface area contributed by atoms with E-state index in [4.69, 9.17) is 21.2 Å². The third-order valence-electron chi connectivity index (χ3n) is 6.38. The van der Waals surface area contributed by atoms with Crippen molar-refractivity contribution >= 4 is 53.0 Å². The summed E-state index contributed by atoms with van der Waals surface area (Å²) in [6, 6.07) is 37.1. The van der Waals surface area contributed by atoms with Gasteiger partial charge in [-0.2, -0.15) is 71.8 Å². The van der Waals surface area contributed by atoms with Crippen molar-refractivity contribution in [2.45, 2.75) is 24.5 Å². The molecule has 1 aliphatic heterocycles. The van der Waals surface area contributed by atoms with Crippen LogP contribution >= 0.6 is 0 Å². The molecular formula is C30H24B4N2O2U. The molecule has 4 aromatic rings. The van der Waals surface area contributed by atoms with Gasteiger partial charge in [0.05, 0.1) is 20.0 Å². The van der Waals surface area contributed by atoms with Crippen LogP contribution in [0.1, 0.15) is 22.3 Å². The van der Waals surface area contributed by atoms with Crippen molar-refractivity contribution < 1.29 is 40.7 Å². The number of carbonyl (C=O) groups is 2. The van der Waals surface area contributed by atoms with Crippen LogP contribution < -0.4 is 10.6 Å². The van der Waals surface area contributed by atoms with Crippen molar-refractivity contribution in [2.24, 2.45) is 0 Å². The van der Waals surface area contributed by atoms with Gasteiger partial charge >= 0.3 is 31.1 Å². The number of nitrogen functional groups attached to an aromatic ring is 1. The van der Waals surface area contributed by atoms with Gasteiger partial charge in [0.25, 0.3) is 0 Å². The molecule has 5 rings (SSSR count). The molecule has 0 aliphatic carbocycles. The van der Waals surface area contributed by atoms with Gasteiger partial charge in [-0.15, -0.1) is 0 Å². The number of hydrogen-bond donors (Lipinski definition) is 1. The predicted molar refractivity (Wildman–Crippen MR) is 156 cm³/mol. The first-order valence-corrected chi connectivity index (χ1v) is 12.3. The average Bonchev–Trinajstić information content (AvgIpc) is 3.20. The van der Waals surface area contributed by atoms with Gasteiger partial charge in [0.1, 0.15) is 0 Å². The molecule has 1 aliphatic rings. The molecule has 9 heteroatoms. The summed E-state index contributed by atoms with van der Waals surface area (Å²) in [5, 5.41) is 0. The Bertz CT molecular complexity index is 1320. The van der Waals surface area contributed by atoms with Crippen LogP contribution in [0.3, 0.4) is 0 Å². The van der Waals surface area contributed by atoms with Crippen LogP contribution in [0.15, 0.2) is 97.1 Å². The summed E-state index contributed by atoms with van der Waals surface area (Å²) in [7, 11) is 13.5. The smallest absolute Gasteiger partial charge is 0.399 e. The number of nitrogens with zero attached hydrogens (tertiary/aromatic N) is 1. The first-order valence-electron chi connectivity index (χ1n) is 12.3. The first-order chi connectivity index (χ1) is 18.5. The second-order valence-corrected chi connectivity index (χ2v) is 9.03. The van der Waals surface area contributed by atoms with E-state index in [1.165, 1.54) is 31.0 Å². The van der Waals surface area contributed by atoms with E-state index in [1.54, 1.807) is 12.1 Å². The van der Waals surface area contributed by atoms with Crippen LogP contribution in [0, 0.1) is 43.2 Å². The number of rotatable bonds is 7. The topological polar surface area (TPSA) is 63.4 Å². The van der Waals surface area contributed by atoms with Gasteiger partial charge in [-0.25, -0.2) is 0 Å². The fourth-order valence-electron chi connectivity index (χ4n) is 4.32. The normalized spacial score (nSPS) is 16.1. The van der Waals surface area contributed by atoms with E-state index >= 15 is 0 Å². The quantitative estimate of drug-likeness (QED) is 0.137. The largest absolute Gasteiger partial charge is 2.00 e. The van der Waals surface area contributed by atoms with E-state index in [2.05, 4.69) is 36.4 Å². The fraction of sp³-hybridized carbons (Fsp3) is 0.133. The Kier molecular flexibility index (Phi) is 11.8. The number of amides is 2. The van der Waals surface area contributed by atoms with Crippen LogP contribution in [0.5, 0.6) is 0 Å². The van der Waals surface area contributed by atoms with E-state index < -0.39 is 11.6 Å². The zero-order valence-corrected chi connectivity index (χ0v) is 25.6. The third-order valence-corrected chi connectivity index (χ3v) is 6.38. The Hall–Kier alpha value is -2.87. The Labute approximate surface area is 258 Å². The Morgan fingerprint density at radius 2 is 1.00 bits per heavy atom. The van der Waals surface area contributed by atoms with Gasteiger partial charge in [0.15, 0.2) is 0 Å². The standard InChI is InChI=1S/C17H12B4NO2.C13H12N.U/c18-20-14-15(21-19)17(24)22(16(14)23)13-8-6-12(7-9-13)10-11-4-2-1-3-5-11;14-13-8-6-12(7-9-13)10-11-4-2-1-3-5-11;/h2-9,14-15H,10H2;2-9H,10,14H2;/q2*-1;+2. The minimum absolute atomic E-state index is 0. The minimum atomic E-state index is -0.706. The SMILES string of the molecule is Nc1ccc(Cc2cc[c-]cc2)cc1.[B][B]C1C(=O)N(c2ccc(Cc3cc[c-]cc3)cc2)C(=O)C1[B][B].[U+2]. The molecule has 1 heterocycles. The molecule has 2 atom stereocenters. The van der Waals surface area contributed by atoms with Gasteiger partial charge < -0.3 is 5.73 Å². The van der Waals surface area contributed by atoms with Crippen LogP contribution in [0.2, 0.25) is 11.6 Å². The van der Waals surface area contributed by atoms with Crippen LogP contribution in [-0.4, -0.2) is 41.6 Å². The molecular weight excluding hydrogens is 702 g/mol. The molecule has 0 aromatic heterocycles. The van der Waals surface area contributed by atoms with Crippen molar-refractivity contribution in [2.75, 3.05) is 10.6 Å². The molecule has 0 saturated carbocycles. The molecule has 6 radical (unpaired) electrons. The summed E-state index contributed by atoms with van der Waals surface area (Å²) in [6.45, 7) is 0. The van der Waals surface area contributed by atoms with E-state index in [1.807, 2.05) is 60.7 Å².